The lowest BCUT2D eigenvalue weighted by molar-refractivity contribution is -0.138. The molecule has 0 unspecified atom stereocenters. The Hall–Kier alpha value is -2.02. The quantitative estimate of drug-likeness (QED) is 0.920. The number of alkyl halides is 3. The summed E-state index contributed by atoms with van der Waals surface area (Å²) in [5.74, 6) is 0. The van der Waals surface area contributed by atoms with Crippen LogP contribution in [0.5, 0.6) is 0 Å². The molecule has 1 N–H and O–H groups in total. The van der Waals surface area contributed by atoms with E-state index in [-0.39, 0.29) is 21.7 Å². The fraction of sp³-hybridized carbons (Fsp3) is 0.200. The molecule has 0 radical (unpaired) electrons. The largest absolute Gasteiger partial charge is 0.416 e. The Bertz CT molecular complexity index is 784. The summed E-state index contributed by atoms with van der Waals surface area (Å²) in [5.41, 5.74) is -0.945. The maximum absolute atomic E-state index is 13.1. The Labute approximate surface area is 126 Å². The molecule has 0 aliphatic heterocycles. The van der Waals surface area contributed by atoms with Gasteiger partial charge in [0.15, 0.2) is 0 Å². The zero-order chi connectivity index (χ0) is 16.5. The molecule has 22 heavy (non-hydrogen) atoms. The number of anilines is 1. The van der Waals surface area contributed by atoms with E-state index in [9.17, 15) is 21.6 Å². The molecule has 0 aliphatic carbocycles. The normalized spacial score (nSPS) is 12.2. The van der Waals surface area contributed by atoms with Crippen molar-refractivity contribution < 1.29 is 21.6 Å². The van der Waals surface area contributed by atoms with E-state index >= 15 is 0 Å². The smallest absolute Gasteiger partial charge is 0.280 e. The highest BCUT2D eigenvalue weighted by Gasteiger charge is 2.36. The minimum Gasteiger partial charge on any atom is -0.280 e. The van der Waals surface area contributed by atoms with Crippen molar-refractivity contribution in [2.45, 2.75) is 24.9 Å². The van der Waals surface area contributed by atoms with E-state index in [4.69, 9.17) is 0 Å². The maximum Gasteiger partial charge on any atom is 0.416 e. The molecule has 3 nitrogen and oxygen atoms in total. The van der Waals surface area contributed by atoms with Gasteiger partial charge in [-0.3, -0.25) is 4.72 Å². The van der Waals surface area contributed by atoms with Gasteiger partial charge in [-0.1, -0.05) is 24.3 Å². The zero-order valence-electron chi connectivity index (χ0n) is 11.9. The van der Waals surface area contributed by atoms with Crippen LogP contribution >= 0.6 is 0 Å². The highest BCUT2D eigenvalue weighted by atomic mass is 32.2. The average molecular weight is 329 g/mol. The summed E-state index contributed by atoms with van der Waals surface area (Å²) in [6.45, 7) is 2.46. The first-order valence-electron chi connectivity index (χ1n) is 6.38. The minimum absolute atomic E-state index is 0.0105. The molecule has 0 atom stereocenters. The van der Waals surface area contributed by atoms with E-state index in [1.165, 1.54) is 25.1 Å². The van der Waals surface area contributed by atoms with Crippen LogP contribution in [0.15, 0.2) is 47.4 Å². The molecule has 0 bridgehead atoms. The van der Waals surface area contributed by atoms with Gasteiger partial charge in [-0.05, 0) is 43.2 Å². The minimum atomic E-state index is -4.60. The molecular weight excluding hydrogens is 315 g/mol. The number of sulfonamides is 1. The van der Waals surface area contributed by atoms with Gasteiger partial charge in [0.05, 0.1) is 10.5 Å². The first-order chi connectivity index (χ1) is 10.1. The third-order valence-corrected chi connectivity index (χ3v) is 4.75. The Morgan fingerprint density at radius 3 is 2.09 bits per heavy atom. The van der Waals surface area contributed by atoms with Gasteiger partial charge < -0.3 is 0 Å². The summed E-state index contributed by atoms with van der Waals surface area (Å²) in [6, 6.07) is 10.3. The second-order valence-electron chi connectivity index (χ2n) is 4.85. The van der Waals surface area contributed by atoms with Crippen LogP contribution in [0.4, 0.5) is 18.9 Å². The van der Waals surface area contributed by atoms with Crippen molar-refractivity contribution in [3.63, 3.8) is 0 Å². The lowest BCUT2D eigenvalue weighted by Gasteiger charge is -2.17. The number of nitrogens with one attached hydrogen (secondary N) is 1. The summed E-state index contributed by atoms with van der Waals surface area (Å²) >= 11 is 0. The molecule has 0 amide bonds. The predicted octanol–water partition coefficient (Wildman–Crippen LogP) is 4.12. The molecule has 118 valence electrons. The van der Waals surface area contributed by atoms with Gasteiger partial charge in [-0.15, -0.1) is 0 Å². The third kappa shape index (κ3) is 3.24. The van der Waals surface area contributed by atoms with Gasteiger partial charge in [0.1, 0.15) is 0 Å². The zero-order valence-corrected chi connectivity index (χ0v) is 12.7. The first-order valence-corrected chi connectivity index (χ1v) is 7.86. The van der Waals surface area contributed by atoms with Gasteiger partial charge in [-0.25, -0.2) is 8.42 Å². The van der Waals surface area contributed by atoms with Crippen LogP contribution in [0.3, 0.4) is 0 Å². The molecule has 0 saturated heterocycles. The summed E-state index contributed by atoms with van der Waals surface area (Å²) in [4.78, 5) is -0.380. The predicted molar refractivity (Wildman–Crippen MR) is 78.2 cm³/mol. The maximum atomic E-state index is 13.1. The number of hydrogen-bond donors (Lipinski definition) is 1. The van der Waals surface area contributed by atoms with Crippen molar-refractivity contribution in [2.24, 2.45) is 0 Å². The summed E-state index contributed by atoms with van der Waals surface area (Å²) in [7, 11) is -4.09. The Balaban J connectivity index is 2.53. The standard InChI is InChI=1S/C15H14F3NO2S/c1-10-8-9-13(11(2)14(10)15(16,17)18)22(20,21)19-12-6-4-3-5-7-12/h3-9,19H,1-2H3. The number of rotatable bonds is 3. The molecule has 7 heteroatoms. The highest BCUT2D eigenvalue weighted by molar-refractivity contribution is 7.92. The molecule has 2 aromatic carbocycles. The second-order valence-corrected chi connectivity index (χ2v) is 6.50. The first kappa shape index (κ1) is 16.4. The monoisotopic (exact) mass is 329 g/mol. The third-order valence-electron chi connectivity index (χ3n) is 3.22. The lowest BCUT2D eigenvalue weighted by Crippen LogP contribution is -2.18. The number of benzene rings is 2. The van der Waals surface area contributed by atoms with E-state index in [0.717, 1.165) is 13.0 Å². The number of aryl methyl sites for hydroxylation is 1. The summed E-state index contributed by atoms with van der Waals surface area (Å²) in [6.07, 6.45) is -4.60. The van der Waals surface area contributed by atoms with E-state index in [2.05, 4.69) is 4.72 Å². The SMILES string of the molecule is Cc1ccc(S(=O)(=O)Nc2ccccc2)c(C)c1C(F)(F)F. The molecule has 0 aliphatic rings. The molecule has 0 fully saturated rings. The van der Waals surface area contributed by atoms with Crippen molar-refractivity contribution in [3.05, 3.63) is 59.2 Å². The molecule has 0 heterocycles. The molecule has 0 saturated carbocycles. The van der Waals surface area contributed by atoms with E-state index in [1.54, 1.807) is 18.2 Å². The van der Waals surface area contributed by atoms with Crippen LogP contribution in [-0.2, 0) is 16.2 Å². The van der Waals surface area contributed by atoms with Crippen molar-refractivity contribution in [2.75, 3.05) is 4.72 Å². The van der Waals surface area contributed by atoms with Gasteiger partial charge >= 0.3 is 6.18 Å². The van der Waals surface area contributed by atoms with Crippen LogP contribution in [0.2, 0.25) is 0 Å². The average Bonchev–Trinajstić information content (AvgIpc) is 2.37. The van der Waals surface area contributed by atoms with Crippen LogP contribution < -0.4 is 4.72 Å². The Morgan fingerprint density at radius 1 is 0.955 bits per heavy atom. The molecule has 2 aromatic rings. The van der Waals surface area contributed by atoms with Crippen LogP contribution in [0.25, 0.3) is 0 Å². The number of halogens is 3. The van der Waals surface area contributed by atoms with E-state index < -0.39 is 21.8 Å². The molecular formula is C15H14F3NO2S. The van der Waals surface area contributed by atoms with E-state index in [0.29, 0.717) is 0 Å². The fourth-order valence-corrected chi connectivity index (χ4v) is 3.58. The lowest BCUT2D eigenvalue weighted by atomic mass is 10.0. The summed E-state index contributed by atoms with van der Waals surface area (Å²) < 4.78 is 66.2. The number of hydrogen-bond acceptors (Lipinski definition) is 2. The van der Waals surface area contributed by atoms with Crippen molar-refractivity contribution in [1.29, 1.82) is 0 Å². The molecule has 2 rings (SSSR count). The van der Waals surface area contributed by atoms with Gasteiger partial charge in [0.2, 0.25) is 0 Å². The van der Waals surface area contributed by atoms with Crippen LogP contribution in [-0.4, -0.2) is 8.42 Å². The summed E-state index contributed by atoms with van der Waals surface area (Å²) in [5, 5.41) is 0. The van der Waals surface area contributed by atoms with Crippen molar-refractivity contribution in [1.82, 2.24) is 0 Å². The Morgan fingerprint density at radius 2 is 1.55 bits per heavy atom. The topological polar surface area (TPSA) is 46.2 Å². The van der Waals surface area contributed by atoms with Gasteiger partial charge in [-0.2, -0.15) is 13.2 Å². The second kappa shape index (κ2) is 5.64. The Kier molecular flexibility index (Phi) is 4.19. The molecule has 0 aromatic heterocycles. The van der Waals surface area contributed by atoms with Gasteiger partial charge in [0.25, 0.3) is 10.0 Å². The molecule has 0 spiro atoms. The van der Waals surface area contributed by atoms with Crippen LogP contribution in [0, 0.1) is 13.8 Å². The van der Waals surface area contributed by atoms with Crippen molar-refractivity contribution in [3.8, 4) is 0 Å². The van der Waals surface area contributed by atoms with Gasteiger partial charge in [0, 0.05) is 5.69 Å². The number of para-hydroxylation sites is 1. The van der Waals surface area contributed by atoms with E-state index in [1.807, 2.05) is 0 Å². The fourth-order valence-electron chi connectivity index (χ4n) is 2.27. The highest BCUT2D eigenvalue weighted by Crippen LogP contribution is 2.37. The van der Waals surface area contributed by atoms with Crippen LogP contribution in [0.1, 0.15) is 16.7 Å². The van der Waals surface area contributed by atoms with Crippen molar-refractivity contribution >= 4 is 15.7 Å².